The first-order valence-electron chi connectivity index (χ1n) is 4.21. The Kier molecular flexibility index (Phi) is 3.92. The van der Waals surface area contributed by atoms with E-state index in [1.807, 2.05) is 24.4 Å². The third kappa shape index (κ3) is 3.16. The molecule has 4 heteroatoms. The molecule has 0 bridgehead atoms. The summed E-state index contributed by atoms with van der Waals surface area (Å²) in [6.07, 6.45) is 0. The lowest BCUT2D eigenvalue weighted by Crippen LogP contribution is -2.39. The van der Waals surface area contributed by atoms with Gasteiger partial charge in [-0.1, -0.05) is 6.07 Å². The third-order valence-corrected chi connectivity index (χ3v) is 2.68. The normalized spacial score (nSPS) is 12.5. The Morgan fingerprint density at radius 1 is 1.69 bits per heavy atom. The molecule has 72 valence electrons. The Balaban J connectivity index is 2.30. The molecule has 0 aliphatic carbocycles. The van der Waals surface area contributed by atoms with Crippen LogP contribution in [0.1, 0.15) is 11.8 Å². The van der Waals surface area contributed by atoms with E-state index in [1.165, 1.54) is 4.88 Å². The molecule has 3 nitrogen and oxygen atoms in total. The highest BCUT2D eigenvalue weighted by molar-refractivity contribution is 7.09. The second-order valence-electron chi connectivity index (χ2n) is 2.80. The Hall–Kier alpha value is -0.870. The first-order valence-corrected chi connectivity index (χ1v) is 5.09. The first kappa shape index (κ1) is 10.2. The van der Waals surface area contributed by atoms with E-state index < -0.39 is 0 Å². The molecule has 0 aliphatic heterocycles. The van der Waals surface area contributed by atoms with Crippen LogP contribution in [0.5, 0.6) is 0 Å². The minimum atomic E-state index is -0.132. The number of thiophene rings is 1. The summed E-state index contributed by atoms with van der Waals surface area (Å²) in [6.45, 7) is 2.61. The lowest BCUT2D eigenvalue weighted by molar-refractivity contribution is -0.122. The van der Waals surface area contributed by atoms with Crippen molar-refractivity contribution in [2.75, 3.05) is 7.05 Å². The molecular weight excluding hydrogens is 184 g/mol. The van der Waals surface area contributed by atoms with Crippen molar-refractivity contribution in [1.82, 2.24) is 10.6 Å². The minimum absolute atomic E-state index is 0.0246. The number of carbonyl (C=O) groups excluding carboxylic acids is 1. The predicted octanol–water partition coefficient (Wildman–Crippen LogP) is 0.972. The van der Waals surface area contributed by atoms with Gasteiger partial charge >= 0.3 is 0 Å². The highest BCUT2D eigenvalue weighted by atomic mass is 32.1. The lowest BCUT2D eigenvalue weighted by Gasteiger charge is -2.10. The fraction of sp³-hybridized carbons (Fsp3) is 0.444. The maximum atomic E-state index is 11.1. The third-order valence-electron chi connectivity index (χ3n) is 1.80. The summed E-state index contributed by atoms with van der Waals surface area (Å²) in [5, 5.41) is 7.76. The average Bonchev–Trinajstić information content (AvgIpc) is 2.65. The van der Waals surface area contributed by atoms with Gasteiger partial charge in [0, 0.05) is 18.5 Å². The molecule has 0 saturated carbocycles. The Morgan fingerprint density at radius 3 is 3.00 bits per heavy atom. The molecule has 0 fully saturated rings. The molecule has 1 atom stereocenters. The molecule has 1 amide bonds. The van der Waals surface area contributed by atoms with E-state index in [1.54, 1.807) is 18.4 Å². The van der Waals surface area contributed by atoms with Crippen LogP contribution in [0.2, 0.25) is 0 Å². The topological polar surface area (TPSA) is 41.1 Å². The largest absolute Gasteiger partial charge is 0.358 e. The molecule has 0 aromatic carbocycles. The molecule has 0 radical (unpaired) electrons. The van der Waals surface area contributed by atoms with E-state index in [0.717, 1.165) is 6.54 Å². The van der Waals surface area contributed by atoms with Gasteiger partial charge in [-0.05, 0) is 18.4 Å². The molecule has 0 spiro atoms. The fourth-order valence-corrected chi connectivity index (χ4v) is 1.63. The van der Waals surface area contributed by atoms with Gasteiger partial charge in [0.15, 0.2) is 0 Å². The number of nitrogens with one attached hydrogen (secondary N) is 2. The molecule has 13 heavy (non-hydrogen) atoms. The highest BCUT2D eigenvalue weighted by Crippen LogP contribution is 2.07. The summed E-state index contributed by atoms with van der Waals surface area (Å²) >= 11 is 1.69. The van der Waals surface area contributed by atoms with Gasteiger partial charge in [0.05, 0.1) is 6.04 Å². The standard InChI is InChI=1S/C9H14N2OS/c1-7(9(12)10-2)11-6-8-4-3-5-13-8/h3-5,7,11H,6H2,1-2H3,(H,10,12). The average molecular weight is 198 g/mol. The van der Waals surface area contributed by atoms with Crippen molar-refractivity contribution in [3.05, 3.63) is 22.4 Å². The zero-order valence-electron chi connectivity index (χ0n) is 7.83. The molecule has 0 saturated heterocycles. The van der Waals surface area contributed by atoms with Gasteiger partial charge in [-0.25, -0.2) is 0 Å². The summed E-state index contributed by atoms with van der Waals surface area (Å²) in [6, 6.07) is 3.92. The van der Waals surface area contributed by atoms with Crippen LogP contribution in [0.3, 0.4) is 0 Å². The summed E-state index contributed by atoms with van der Waals surface area (Å²) in [7, 11) is 1.64. The summed E-state index contributed by atoms with van der Waals surface area (Å²) in [5.41, 5.74) is 0. The Morgan fingerprint density at radius 2 is 2.46 bits per heavy atom. The highest BCUT2D eigenvalue weighted by Gasteiger charge is 2.09. The molecule has 1 aromatic heterocycles. The van der Waals surface area contributed by atoms with E-state index in [0.29, 0.717) is 0 Å². The fourth-order valence-electron chi connectivity index (χ4n) is 0.976. The van der Waals surface area contributed by atoms with Crippen LogP contribution in [0.15, 0.2) is 17.5 Å². The quantitative estimate of drug-likeness (QED) is 0.757. The van der Waals surface area contributed by atoms with Crippen LogP contribution >= 0.6 is 11.3 Å². The smallest absolute Gasteiger partial charge is 0.236 e. The van der Waals surface area contributed by atoms with Gasteiger partial charge in [-0.2, -0.15) is 0 Å². The molecule has 1 unspecified atom stereocenters. The van der Waals surface area contributed by atoms with Gasteiger partial charge in [-0.15, -0.1) is 11.3 Å². The number of hydrogen-bond acceptors (Lipinski definition) is 3. The van der Waals surface area contributed by atoms with Gasteiger partial charge in [0.1, 0.15) is 0 Å². The SMILES string of the molecule is CNC(=O)C(C)NCc1cccs1. The van der Waals surface area contributed by atoms with Crippen molar-refractivity contribution < 1.29 is 4.79 Å². The number of rotatable bonds is 4. The van der Waals surface area contributed by atoms with Crippen molar-refractivity contribution in [3.8, 4) is 0 Å². The van der Waals surface area contributed by atoms with Crippen molar-refractivity contribution >= 4 is 17.2 Å². The van der Waals surface area contributed by atoms with E-state index in [-0.39, 0.29) is 11.9 Å². The van der Waals surface area contributed by atoms with Crippen molar-refractivity contribution in [2.45, 2.75) is 19.5 Å². The lowest BCUT2D eigenvalue weighted by atomic mass is 10.3. The van der Waals surface area contributed by atoms with Crippen molar-refractivity contribution in [1.29, 1.82) is 0 Å². The van der Waals surface area contributed by atoms with Crippen LogP contribution in [-0.4, -0.2) is 19.0 Å². The molecule has 1 aromatic rings. The summed E-state index contributed by atoms with van der Waals surface area (Å²) < 4.78 is 0. The number of hydrogen-bond donors (Lipinski definition) is 2. The molecule has 2 N–H and O–H groups in total. The van der Waals surface area contributed by atoms with Crippen molar-refractivity contribution in [3.63, 3.8) is 0 Å². The van der Waals surface area contributed by atoms with Gasteiger partial charge < -0.3 is 10.6 Å². The number of likely N-dealkylation sites (N-methyl/N-ethyl adjacent to an activating group) is 1. The van der Waals surface area contributed by atoms with Gasteiger partial charge in [0.2, 0.25) is 5.91 Å². The summed E-state index contributed by atoms with van der Waals surface area (Å²) in [4.78, 5) is 12.3. The van der Waals surface area contributed by atoms with Crippen LogP contribution in [0.25, 0.3) is 0 Å². The first-order chi connectivity index (χ1) is 6.24. The zero-order chi connectivity index (χ0) is 9.68. The Bertz CT molecular complexity index is 259. The van der Waals surface area contributed by atoms with Crippen molar-refractivity contribution in [2.24, 2.45) is 0 Å². The van der Waals surface area contributed by atoms with E-state index in [9.17, 15) is 4.79 Å². The molecular formula is C9H14N2OS. The second kappa shape index (κ2) is 4.99. The minimum Gasteiger partial charge on any atom is -0.358 e. The van der Waals surface area contributed by atoms with Crippen LogP contribution in [-0.2, 0) is 11.3 Å². The zero-order valence-corrected chi connectivity index (χ0v) is 8.65. The van der Waals surface area contributed by atoms with E-state index in [4.69, 9.17) is 0 Å². The Labute approximate surface area is 82.2 Å². The number of amides is 1. The molecule has 0 aliphatic rings. The van der Waals surface area contributed by atoms with Crippen LogP contribution in [0.4, 0.5) is 0 Å². The molecule has 1 rings (SSSR count). The maximum absolute atomic E-state index is 11.1. The van der Waals surface area contributed by atoms with E-state index >= 15 is 0 Å². The maximum Gasteiger partial charge on any atom is 0.236 e. The van der Waals surface area contributed by atoms with Gasteiger partial charge in [0.25, 0.3) is 0 Å². The second-order valence-corrected chi connectivity index (χ2v) is 3.83. The van der Waals surface area contributed by atoms with E-state index in [2.05, 4.69) is 10.6 Å². The van der Waals surface area contributed by atoms with Gasteiger partial charge in [-0.3, -0.25) is 4.79 Å². The predicted molar refractivity (Wildman–Crippen MR) is 54.7 cm³/mol. The number of carbonyl (C=O) groups is 1. The molecule has 1 heterocycles. The van der Waals surface area contributed by atoms with Crippen LogP contribution < -0.4 is 10.6 Å². The monoisotopic (exact) mass is 198 g/mol. The van der Waals surface area contributed by atoms with Crippen LogP contribution in [0, 0.1) is 0 Å². The summed E-state index contributed by atoms with van der Waals surface area (Å²) in [5.74, 6) is 0.0246.